The van der Waals surface area contributed by atoms with E-state index in [1.165, 1.54) is 32.4 Å². The van der Waals surface area contributed by atoms with Crippen molar-refractivity contribution in [3.8, 4) is 0 Å². The number of para-hydroxylation sites is 2. The monoisotopic (exact) mass is 243 g/mol. The number of nitrogens with zero attached hydrogens (tertiary/aromatic N) is 2. The molecule has 1 aromatic carbocycles. The van der Waals surface area contributed by atoms with Crippen LogP contribution in [0.15, 0.2) is 24.3 Å². The highest BCUT2D eigenvalue weighted by Crippen LogP contribution is 2.26. The maximum atomic E-state index is 4.76. The largest absolute Gasteiger partial charge is 0.341 e. The molecule has 18 heavy (non-hydrogen) atoms. The maximum absolute atomic E-state index is 4.76. The van der Waals surface area contributed by atoms with Crippen molar-refractivity contribution >= 4 is 11.0 Å². The summed E-state index contributed by atoms with van der Waals surface area (Å²) in [7, 11) is 0. The van der Waals surface area contributed by atoms with Gasteiger partial charge in [0.05, 0.1) is 17.1 Å². The fourth-order valence-corrected chi connectivity index (χ4v) is 2.98. The first kappa shape index (κ1) is 11.7. The van der Waals surface area contributed by atoms with Crippen molar-refractivity contribution in [2.24, 2.45) is 0 Å². The Kier molecular flexibility index (Phi) is 3.33. The van der Waals surface area contributed by atoms with Gasteiger partial charge in [0.1, 0.15) is 5.82 Å². The number of piperidine rings is 1. The molecule has 1 atom stereocenters. The predicted octanol–water partition coefficient (Wildman–Crippen LogP) is 3.50. The van der Waals surface area contributed by atoms with E-state index in [1.807, 2.05) is 0 Å². The molecule has 0 saturated carbocycles. The molecule has 1 aliphatic heterocycles. The normalized spacial score (nSPS) is 19.2. The summed E-state index contributed by atoms with van der Waals surface area (Å²) in [6, 6.07) is 8.76. The van der Waals surface area contributed by atoms with Gasteiger partial charge in [-0.15, -0.1) is 0 Å². The zero-order valence-electron chi connectivity index (χ0n) is 11.0. The SMILES string of the molecule is CCC(c1nc2ccccc2[nH]1)N1CCCCC1. The van der Waals surface area contributed by atoms with Crippen molar-refractivity contribution in [1.29, 1.82) is 0 Å². The Morgan fingerprint density at radius 1 is 1.22 bits per heavy atom. The van der Waals surface area contributed by atoms with Crippen LogP contribution in [0, 0.1) is 0 Å². The van der Waals surface area contributed by atoms with Gasteiger partial charge in [-0.2, -0.15) is 0 Å². The summed E-state index contributed by atoms with van der Waals surface area (Å²) in [6.45, 7) is 4.69. The van der Waals surface area contributed by atoms with Crippen molar-refractivity contribution in [2.45, 2.75) is 38.6 Å². The van der Waals surface area contributed by atoms with E-state index in [9.17, 15) is 0 Å². The van der Waals surface area contributed by atoms with Gasteiger partial charge in [-0.05, 0) is 44.5 Å². The molecule has 1 unspecified atom stereocenters. The van der Waals surface area contributed by atoms with Gasteiger partial charge in [0.15, 0.2) is 0 Å². The van der Waals surface area contributed by atoms with E-state index in [2.05, 4.69) is 41.1 Å². The van der Waals surface area contributed by atoms with Crippen LogP contribution in [0.3, 0.4) is 0 Å². The minimum atomic E-state index is 0.456. The molecule has 2 aromatic rings. The topological polar surface area (TPSA) is 31.9 Å². The summed E-state index contributed by atoms with van der Waals surface area (Å²) < 4.78 is 0. The van der Waals surface area contributed by atoms with E-state index in [1.54, 1.807) is 0 Å². The average Bonchev–Trinajstić information content (AvgIpc) is 2.84. The van der Waals surface area contributed by atoms with E-state index in [-0.39, 0.29) is 0 Å². The van der Waals surface area contributed by atoms with Gasteiger partial charge in [0, 0.05) is 0 Å². The van der Waals surface area contributed by atoms with Crippen molar-refractivity contribution in [1.82, 2.24) is 14.9 Å². The number of fused-ring (bicyclic) bond motifs is 1. The van der Waals surface area contributed by atoms with Crippen LogP contribution >= 0.6 is 0 Å². The summed E-state index contributed by atoms with van der Waals surface area (Å²) in [5.41, 5.74) is 2.24. The van der Waals surface area contributed by atoms with Gasteiger partial charge in [-0.1, -0.05) is 25.5 Å². The number of likely N-dealkylation sites (tertiary alicyclic amines) is 1. The molecule has 2 heterocycles. The maximum Gasteiger partial charge on any atom is 0.124 e. The summed E-state index contributed by atoms with van der Waals surface area (Å²) in [5.74, 6) is 1.14. The fraction of sp³-hybridized carbons (Fsp3) is 0.533. The van der Waals surface area contributed by atoms with Crippen LogP contribution in [0.2, 0.25) is 0 Å². The van der Waals surface area contributed by atoms with E-state index >= 15 is 0 Å². The summed E-state index contributed by atoms with van der Waals surface area (Å²) in [6.07, 6.45) is 5.17. The zero-order chi connectivity index (χ0) is 12.4. The Labute approximate surface area is 108 Å². The molecular weight excluding hydrogens is 222 g/mol. The highest BCUT2D eigenvalue weighted by atomic mass is 15.2. The van der Waals surface area contributed by atoms with Crippen LogP contribution in [-0.2, 0) is 0 Å². The van der Waals surface area contributed by atoms with E-state index in [4.69, 9.17) is 4.98 Å². The molecule has 1 fully saturated rings. The molecule has 0 amide bonds. The van der Waals surface area contributed by atoms with Crippen molar-refractivity contribution in [3.05, 3.63) is 30.1 Å². The molecule has 1 aromatic heterocycles. The molecule has 3 heteroatoms. The number of H-pyrrole nitrogens is 1. The van der Waals surface area contributed by atoms with Crippen molar-refractivity contribution in [3.63, 3.8) is 0 Å². The lowest BCUT2D eigenvalue weighted by atomic mass is 10.1. The fourth-order valence-electron chi connectivity index (χ4n) is 2.98. The minimum absolute atomic E-state index is 0.456. The second kappa shape index (κ2) is 5.11. The van der Waals surface area contributed by atoms with Crippen molar-refractivity contribution < 1.29 is 0 Å². The van der Waals surface area contributed by atoms with Crippen LogP contribution in [0.4, 0.5) is 0 Å². The molecule has 96 valence electrons. The number of aromatic nitrogens is 2. The van der Waals surface area contributed by atoms with E-state index in [0.717, 1.165) is 23.3 Å². The molecule has 0 radical (unpaired) electrons. The van der Waals surface area contributed by atoms with Crippen LogP contribution in [0.25, 0.3) is 11.0 Å². The molecule has 3 nitrogen and oxygen atoms in total. The highest BCUT2D eigenvalue weighted by Gasteiger charge is 2.23. The standard InChI is InChI=1S/C15H21N3/c1-2-14(18-10-6-3-7-11-18)15-16-12-8-4-5-9-13(12)17-15/h4-5,8-9,14H,2-3,6-7,10-11H2,1H3,(H,16,17). The number of benzene rings is 1. The second-order valence-electron chi connectivity index (χ2n) is 5.16. The third-order valence-corrected chi connectivity index (χ3v) is 3.94. The molecule has 1 saturated heterocycles. The first-order valence-corrected chi connectivity index (χ1v) is 7.07. The number of hydrogen-bond donors (Lipinski definition) is 1. The van der Waals surface area contributed by atoms with Gasteiger partial charge in [-0.3, -0.25) is 4.90 Å². The number of aromatic amines is 1. The zero-order valence-corrected chi connectivity index (χ0v) is 11.0. The first-order chi connectivity index (χ1) is 8.88. The van der Waals surface area contributed by atoms with Gasteiger partial charge in [0.25, 0.3) is 0 Å². The van der Waals surface area contributed by atoms with Gasteiger partial charge in [-0.25, -0.2) is 4.98 Å². The number of imidazole rings is 1. The Bertz CT molecular complexity index is 478. The van der Waals surface area contributed by atoms with Crippen LogP contribution < -0.4 is 0 Å². The lowest BCUT2D eigenvalue weighted by Crippen LogP contribution is -2.34. The smallest absolute Gasteiger partial charge is 0.124 e. The minimum Gasteiger partial charge on any atom is -0.341 e. The van der Waals surface area contributed by atoms with Gasteiger partial charge < -0.3 is 4.98 Å². The van der Waals surface area contributed by atoms with Crippen LogP contribution in [-0.4, -0.2) is 28.0 Å². The van der Waals surface area contributed by atoms with Gasteiger partial charge >= 0.3 is 0 Å². The summed E-state index contributed by atoms with van der Waals surface area (Å²) in [5, 5.41) is 0. The Morgan fingerprint density at radius 3 is 2.72 bits per heavy atom. The quantitative estimate of drug-likeness (QED) is 0.894. The summed E-state index contributed by atoms with van der Waals surface area (Å²) >= 11 is 0. The Morgan fingerprint density at radius 2 is 2.00 bits per heavy atom. The second-order valence-corrected chi connectivity index (χ2v) is 5.16. The number of hydrogen-bond acceptors (Lipinski definition) is 2. The number of rotatable bonds is 3. The van der Waals surface area contributed by atoms with E-state index in [0.29, 0.717) is 6.04 Å². The molecule has 1 N–H and O–H groups in total. The molecule has 3 rings (SSSR count). The Hall–Kier alpha value is -1.35. The molecule has 0 bridgehead atoms. The predicted molar refractivity (Wildman–Crippen MR) is 74.5 cm³/mol. The van der Waals surface area contributed by atoms with Crippen molar-refractivity contribution in [2.75, 3.05) is 13.1 Å². The summed E-state index contributed by atoms with van der Waals surface area (Å²) in [4.78, 5) is 10.8. The number of nitrogens with one attached hydrogen (secondary N) is 1. The lowest BCUT2D eigenvalue weighted by molar-refractivity contribution is 0.154. The van der Waals surface area contributed by atoms with E-state index < -0.39 is 0 Å². The molecule has 1 aliphatic rings. The molecular formula is C15H21N3. The third-order valence-electron chi connectivity index (χ3n) is 3.94. The first-order valence-electron chi connectivity index (χ1n) is 7.07. The molecule has 0 aliphatic carbocycles. The average molecular weight is 243 g/mol. The highest BCUT2D eigenvalue weighted by molar-refractivity contribution is 5.74. The molecule has 0 spiro atoms. The Balaban J connectivity index is 1.90. The van der Waals surface area contributed by atoms with Gasteiger partial charge in [0.2, 0.25) is 0 Å². The third kappa shape index (κ3) is 2.15. The lowest BCUT2D eigenvalue weighted by Gasteiger charge is -2.32. The van der Waals surface area contributed by atoms with Crippen LogP contribution in [0.1, 0.15) is 44.5 Å². The van der Waals surface area contributed by atoms with Crippen LogP contribution in [0.5, 0.6) is 0 Å².